The van der Waals surface area contributed by atoms with Crippen molar-refractivity contribution in [2.75, 3.05) is 17.7 Å². The molecule has 2 N–H and O–H groups in total. The van der Waals surface area contributed by atoms with E-state index in [-0.39, 0.29) is 18.1 Å². The van der Waals surface area contributed by atoms with E-state index < -0.39 is 5.91 Å². The minimum atomic E-state index is -0.424. The zero-order valence-corrected chi connectivity index (χ0v) is 15.9. The fourth-order valence-corrected chi connectivity index (χ4v) is 2.71. The van der Waals surface area contributed by atoms with Gasteiger partial charge in [0.05, 0.1) is 18.5 Å². The molecule has 8 nitrogen and oxygen atoms in total. The van der Waals surface area contributed by atoms with Crippen LogP contribution in [0.4, 0.5) is 11.4 Å². The SMILES string of the molecule is COc1ccccc1NC(=O)c1nnn(CC(=O)Nc2cccc(C)c2)c1C. The summed E-state index contributed by atoms with van der Waals surface area (Å²) in [6.45, 7) is 3.59. The molecule has 0 atom stereocenters. The lowest BCUT2D eigenvalue weighted by molar-refractivity contribution is -0.117. The summed E-state index contributed by atoms with van der Waals surface area (Å²) in [6, 6.07) is 14.6. The standard InChI is InChI=1S/C20H21N5O3/c1-13-7-6-8-15(11-13)21-18(26)12-25-14(2)19(23-24-25)20(27)22-16-9-4-5-10-17(16)28-3/h4-11H,12H2,1-3H3,(H,21,26)(H,22,27). The highest BCUT2D eigenvalue weighted by Crippen LogP contribution is 2.23. The molecule has 0 aliphatic rings. The Labute approximate surface area is 162 Å². The van der Waals surface area contributed by atoms with E-state index in [1.165, 1.54) is 11.8 Å². The molecule has 144 valence electrons. The first kappa shape index (κ1) is 19.1. The number of hydrogen-bond acceptors (Lipinski definition) is 5. The van der Waals surface area contributed by atoms with Crippen LogP contribution in [0.1, 0.15) is 21.7 Å². The van der Waals surface area contributed by atoms with Crippen LogP contribution in [0.15, 0.2) is 48.5 Å². The Morgan fingerprint density at radius 2 is 1.86 bits per heavy atom. The molecule has 2 amide bonds. The van der Waals surface area contributed by atoms with E-state index >= 15 is 0 Å². The van der Waals surface area contributed by atoms with Crippen molar-refractivity contribution in [1.29, 1.82) is 0 Å². The van der Waals surface area contributed by atoms with Crippen LogP contribution in [0.2, 0.25) is 0 Å². The lowest BCUT2D eigenvalue weighted by Crippen LogP contribution is -2.21. The Kier molecular flexibility index (Phi) is 5.69. The summed E-state index contributed by atoms with van der Waals surface area (Å²) in [5.41, 5.74) is 2.92. The zero-order valence-electron chi connectivity index (χ0n) is 15.9. The third kappa shape index (κ3) is 4.35. The van der Waals surface area contributed by atoms with Crippen LogP contribution < -0.4 is 15.4 Å². The third-order valence-corrected chi connectivity index (χ3v) is 4.15. The maximum absolute atomic E-state index is 12.5. The van der Waals surface area contributed by atoms with Gasteiger partial charge >= 0.3 is 0 Å². The van der Waals surface area contributed by atoms with Gasteiger partial charge in [-0.25, -0.2) is 4.68 Å². The molecule has 1 aromatic heterocycles. The smallest absolute Gasteiger partial charge is 0.278 e. The van der Waals surface area contributed by atoms with E-state index in [1.54, 1.807) is 25.1 Å². The predicted molar refractivity (Wildman–Crippen MR) is 106 cm³/mol. The molecule has 0 saturated carbocycles. The molecule has 1 heterocycles. The maximum atomic E-state index is 12.5. The second kappa shape index (κ2) is 8.34. The quantitative estimate of drug-likeness (QED) is 0.686. The van der Waals surface area contributed by atoms with Crippen molar-refractivity contribution in [2.24, 2.45) is 0 Å². The number of para-hydroxylation sites is 2. The lowest BCUT2D eigenvalue weighted by atomic mass is 10.2. The van der Waals surface area contributed by atoms with Gasteiger partial charge < -0.3 is 15.4 Å². The molecule has 0 saturated heterocycles. The summed E-state index contributed by atoms with van der Waals surface area (Å²) >= 11 is 0. The highest BCUT2D eigenvalue weighted by molar-refractivity contribution is 6.04. The van der Waals surface area contributed by atoms with E-state index in [0.29, 0.717) is 22.8 Å². The number of amides is 2. The second-order valence-corrected chi connectivity index (χ2v) is 6.25. The predicted octanol–water partition coefficient (Wildman–Crippen LogP) is 2.79. The largest absolute Gasteiger partial charge is 0.495 e. The van der Waals surface area contributed by atoms with E-state index in [1.807, 2.05) is 37.3 Å². The van der Waals surface area contributed by atoms with Crippen LogP contribution >= 0.6 is 0 Å². The molecule has 2 aromatic carbocycles. The summed E-state index contributed by atoms with van der Waals surface area (Å²) in [5.74, 6) is -0.138. The molecule has 0 fully saturated rings. The van der Waals surface area contributed by atoms with Crippen LogP contribution in [0.3, 0.4) is 0 Å². The van der Waals surface area contributed by atoms with E-state index in [0.717, 1.165) is 5.56 Å². The number of methoxy groups -OCH3 is 1. The third-order valence-electron chi connectivity index (χ3n) is 4.15. The first-order valence-electron chi connectivity index (χ1n) is 8.69. The molecule has 3 aromatic rings. The summed E-state index contributed by atoms with van der Waals surface area (Å²) in [7, 11) is 1.53. The normalized spacial score (nSPS) is 10.4. The number of rotatable bonds is 6. The van der Waals surface area contributed by atoms with E-state index in [2.05, 4.69) is 20.9 Å². The van der Waals surface area contributed by atoms with Gasteiger partial charge in [-0.05, 0) is 43.7 Å². The van der Waals surface area contributed by atoms with Crippen molar-refractivity contribution in [2.45, 2.75) is 20.4 Å². The second-order valence-electron chi connectivity index (χ2n) is 6.25. The number of hydrogen-bond donors (Lipinski definition) is 2. The molecule has 0 radical (unpaired) electrons. The highest BCUT2D eigenvalue weighted by Gasteiger charge is 2.19. The maximum Gasteiger partial charge on any atom is 0.278 e. The number of aryl methyl sites for hydroxylation is 1. The van der Waals surface area contributed by atoms with Gasteiger partial charge in [0, 0.05) is 5.69 Å². The average molecular weight is 379 g/mol. The van der Waals surface area contributed by atoms with Crippen molar-refractivity contribution in [1.82, 2.24) is 15.0 Å². The zero-order chi connectivity index (χ0) is 20.1. The number of nitrogens with one attached hydrogen (secondary N) is 2. The molecular weight excluding hydrogens is 358 g/mol. The Hall–Kier alpha value is -3.68. The molecule has 0 spiro atoms. The average Bonchev–Trinajstić information content (AvgIpc) is 3.02. The van der Waals surface area contributed by atoms with Gasteiger partial charge in [-0.15, -0.1) is 5.10 Å². The summed E-state index contributed by atoms with van der Waals surface area (Å²) in [6.07, 6.45) is 0. The molecule has 3 rings (SSSR count). The minimum absolute atomic E-state index is 0.0469. The number of carbonyl (C=O) groups is 2. The summed E-state index contributed by atoms with van der Waals surface area (Å²) in [5, 5.41) is 13.4. The number of benzene rings is 2. The van der Waals surface area contributed by atoms with Crippen LogP contribution in [-0.4, -0.2) is 33.9 Å². The van der Waals surface area contributed by atoms with Crippen molar-refractivity contribution in [3.8, 4) is 5.75 Å². The van der Waals surface area contributed by atoms with Gasteiger partial charge in [0.25, 0.3) is 5.91 Å². The lowest BCUT2D eigenvalue weighted by Gasteiger charge is -2.09. The topological polar surface area (TPSA) is 98.1 Å². The van der Waals surface area contributed by atoms with E-state index in [9.17, 15) is 9.59 Å². The summed E-state index contributed by atoms with van der Waals surface area (Å²) < 4.78 is 6.62. The Morgan fingerprint density at radius 1 is 1.07 bits per heavy atom. The Bertz CT molecular complexity index is 1010. The van der Waals surface area contributed by atoms with Crippen molar-refractivity contribution < 1.29 is 14.3 Å². The van der Waals surface area contributed by atoms with Crippen molar-refractivity contribution in [3.05, 3.63) is 65.5 Å². The Morgan fingerprint density at radius 3 is 2.61 bits per heavy atom. The van der Waals surface area contributed by atoms with Gasteiger partial charge in [0.1, 0.15) is 12.3 Å². The molecule has 0 aliphatic carbocycles. The number of ether oxygens (including phenoxy) is 1. The fourth-order valence-electron chi connectivity index (χ4n) is 2.71. The van der Waals surface area contributed by atoms with E-state index in [4.69, 9.17) is 4.74 Å². The van der Waals surface area contributed by atoms with Crippen LogP contribution in [0.5, 0.6) is 5.75 Å². The summed E-state index contributed by atoms with van der Waals surface area (Å²) in [4.78, 5) is 24.8. The highest BCUT2D eigenvalue weighted by atomic mass is 16.5. The minimum Gasteiger partial charge on any atom is -0.495 e. The molecule has 0 unspecified atom stereocenters. The molecule has 0 aliphatic heterocycles. The number of nitrogens with zero attached hydrogens (tertiary/aromatic N) is 3. The van der Waals surface area contributed by atoms with Crippen molar-refractivity contribution >= 4 is 23.2 Å². The first-order valence-corrected chi connectivity index (χ1v) is 8.69. The molecule has 0 bridgehead atoms. The first-order chi connectivity index (χ1) is 13.5. The van der Waals surface area contributed by atoms with Crippen LogP contribution in [-0.2, 0) is 11.3 Å². The molecule has 8 heteroatoms. The number of aromatic nitrogens is 3. The number of anilines is 2. The molecular formula is C20H21N5O3. The van der Waals surface area contributed by atoms with Gasteiger partial charge in [-0.1, -0.05) is 29.5 Å². The van der Waals surface area contributed by atoms with Crippen molar-refractivity contribution in [3.63, 3.8) is 0 Å². The fraction of sp³-hybridized carbons (Fsp3) is 0.200. The monoisotopic (exact) mass is 379 g/mol. The van der Waals surface area contributed by atoms with Gasteiger partial charge in [-0.3, -0.25) is 9.59 Å². The van der Waals surface area contributed by atoms with Gasteiger partial charge in [0.15, 0.2) is 5.69 Å². The van der Waals surface area contributed by atoms with Gasteiger partial charge in [0.2, 0.25) is 5.91 Å². The number of carbonyl (C=O) groups excluding carboxylic acids is 2. The van der Waals surface area contributed by atoms with Crippen LogP contribution in [0, 0.1) is 13.8 Å². The molecule has 28 heavy (non-hydrogen) atoms. The Balaban J connectivity index is 1.69. The van der Waals surface area contributed by atoms with Crippen LogP contribution in [0.25, 0.3) is 0 Å². The van der Waals surface area contributed by atoms with Gasteiger partial charge in [-0.2, -0.15) is 0 Å².